The van der Waals surface area contributed by atoms with Crippen molar-refractivity contribution in [2.24, 2.45) is 5.73 Å². The van der Waals surface area contributed by atoms with Crippen molar-refractivity contribution in [3.63, 3.8) is 0 Å². The predicted molar refractivity (Wildman–Crippen MR) is 169 cm³/mol. The molecule has 2 aliphatic heterocycles. The molecule has 43 heavy (non-hydrogen) atoms. The number of anilines is 6. The van der Waals surface area contributed by atoms with Crippen LogP contribution in [-0.2, 0) is 10.0 Å². The summed E-state index contributed by atoms with van der Waals surface area (Å²) >= 11 is 0. The van der Waals surface area contributed by atoms with Crippen LogP contribution in [0.1, 0.15) is 23.2 Å². The number of primary amides is 1. The number of nitrogens with one attached hydrogen (secondary N) is 3. The number of methoxy groups -OCH3 is 1. The van der Waals surface area contributed by atoms with Crippen molar-refractivity contribution < 1.29 is 17.9 Å². The van der Waals surface area contributed by atoms with Crippen LogP contribution in [0.15, 0.2) is 48.7 Å². The summed E-state index contributed by atoms with van der Waals surface area (Å²) in [6.45, 7) is 6.50. The lowest BCUT2D eigenvalue weighted by Gasteiger charge is -2.42. The standard InChI is InChI=1S/C29H39N9O4S/c1-36-14-16-38(17-15-36)20-10-12-37(13-11-20)21-8-9-25(26(18-21)42-2)33-29-31-19-22(27(30)39)28(34-29)32-23-6-4-5-7-24(23)35-43(3,40)41/h4-9,18-20,35H,10-17H2,1-3H3,(H2,30,39)(H2,31,32,33,34). The van der Waals surface area contributed by atoms with E-state index in [0.717, 1.165) is 64.1 Å². The Labute approximate surface area is 252 Å². The van der Waals surface area contributed by atoms with Crippen LogP contribution < -0.4 is 30.7 Å². The van der Waals surface area contributed by atoms with Crippen LogP contribution in [0.3, 0.4) is 0 Å². The first-order valence-corrected chi connectivity index (χ1v) is 16.1. The molecule has 0 aliphatic carbocycles. The van der Waals surface area contributed by atoms with Gasteiger partial charge >= 0.3 is 0 Å². The Morgan fingerprint density at radius 3 is 2.33 bits per heavy atom. The minimum absolute atomic E-state index is 0.0435. The highest BCUT2D eigenvalue weighted by molar-refractivity contribution is 7.92. The summed E-state index contributed by atoms with van der Waals surface area (Å²) in [5.74, 6) is 0.200. The van der Waals surface area contributed by atoms with E-state index in [1.165, 1.54) is 6.20 Å². The van der Waals surface area contributed by atoms with E-state index in [1.54, 1.807) is 31.4 Å². The number of rotatable bonds is 10. The second-order valence-electron chi connectivity index (χ2n) is 10.9. The van der Waals surface area contributed by atoms with Gasteiger partial charge in [-0.25, -0.2) is 13.4 Å². The van der Waals surface area contributed by atoms with Gasteiger partial charge in [0, 0.05) is 63.3 Å². The van der Waals surface area contributed by atoms with Gasteiger partial charge in [0.15, 0.2) is 0 Å². The van der Waals surface area contributed by atoms with Crippen molar-refractivity contribution in [3.8, 4) is 5.75 Å². The van der Waals surface area contributed by atoms with Gasteiger partial charge in [0.1, 0.15) is 17.1 Å². The number of likely N-dealkylation sites (N-methyl/N-ethyl adjacent to an activating group) is 1. The summed E-state index contributed by atoms with van der Waals surface area (Å²) in [6.07, 6.45) is 4.63. The topological polar surface area (TPSA) is 158 Å². The van der Waals surface area contributed by atoms with Crippen molar-refractivity contribution in [2.45, 2.75) is 18.9 Å². The number of carbonyl (C=O) groups excluding carboxylic acids is 1. The van der Waals surface area contributed by atoms with Crippen LogP contribution in [0.2, 0.25) is 0 Å². The molecule has 5 N–H and O–H groups in total. The molecule has 2 aliphatic rings. The average Bonchev–Trinajstić information content (AvgIpc) is 2.98. The van der Waals surface area contributed by atoms with E-state index < -0.39 is 15.9 Å². The molecule has 2 aromatic carbocycles. The number of aromatic nitrogens is 2. The fraction of sp³-hybridized carbons (Fsp3) is 0.414. The first kappa shape index (κ1) is 30.3. The van der Waals surface area contributed by atoms with E-state index in [4.69, 9.17) is 10.5 Å². The maximum atomic E-state index is 12.1. The van der Waals surface area contributed by atoms with Crippen LogP contribution in [0, 0.1) is 0 Å². The number of sulfonamides is 1. The van der Waals surface area contributed by atoms with Crippen molar-refractivity contribution in [2.75, 3.05) is 79.9 Å². The Bertz CT molecular complexity index is 1550. The monoisotopic (exact) mass is 609 g/mol. The van der Waals surface area contributed by atoms with Crippen LogP contribution in [0.5, 0.6) is 5.75 Å². The van der Waals surface area contributed by atoms with E-state index in [-0.39, 0.29) is 17.3 Å². The van der Waals surface area contributed by atoms with Crippen molar-refractivity contribution in [1.82, 2.24) is 19.8 Å². The maximum Gasteiger partial charge on any atom is 0.254 e. The molecule has 0 bridgehead atoms. The minimum atomic E-state index is -3.54. The fourth-order valence-electron chi connectivity index (χ4n) is 5.50. The molecule has 2 saturated heterocycles. The molecular weight excluding hydrogens is 570 g/mol. The summed E-state index contributed by atoms with van der Waals surface area (Å²) in [5, 5.41) is 6.19. The second-order valence-corrected chi connectivity index (χ2v) is 12.7. The quantitative estimate of drug-likeness (QED) is 0.268. The molecule has 13 nitrogen and oxygen atoms in total. The number of benzene rings is 2. The predicted octanol–water partition coefficient (Wildman–Crippen LogP) is 2.66. The van der Waals surface area contributed by atoms with Gasteiger partial charge in [0.25, 0.3) is 5.91 Å². The van der Waals surface area contributed by atoms with Gasteiger partial charge < -0.3 is 30.9 Å². The summed E-state index contributed by atoms with van der Waals surface area (Å²) < 4.78 is 31.9. The molecule has 0 saturated carbocycles. The first-order chi connectivity index (χ1) is 20.6. The zero-order valence-corrected chi connectivity index (χ0v) is 25.5. The second kappa shape index (κ2) is 13.0. The Hall–Kier alpha value is -4.14. The number of ether oxygens (including phenoxy) is 1. The molecule has 0 radical (unpaired) electrons. The molecule has 0 spiro atoms. The van der Waals surface area contributed by atoms with Gasteiger partial charge in [0.05, 0.1) is 30.4 Å². The number of nitrogens with zero attached hydrogens (tertiary/aromatic N) is 5. The van der Waals surface area contributed by atoms with Gasteiger partial charge in [-0.05, 0) is 44.2 Å². The van der Waals surface area contributed by atoms with E-state index in [1.807, 2.05) is 18.2 Å². The maximum absolute atomic E-state index is 12.1. The highest BCUT2D eigenvalue weighted by Crippen LogP contribution is 2.34. The lowest BCUT2D eigenvalue weighted by atomic mass is 10.0. The van der Waals surface area contributed by atoms with Crippen LogP contribution in [0.4, 0.5) is 34.5 Å². The number of carbonyl (C=O) groups is 1. The Morgan fingerprint density at radius 1 is 0.977 bits per heavy atom. The largest absolute Gasteiger partial charge is 0.494 e. The average molecular weight is 610 g/mol. The van der Waals surface area contributed by atoms with Crippen molar-refractivity contribution >= 4 is 50.4 Å². The molecule has 2 fully saturated rings. The van der Waals surface area contributed by atoms with Crippen molar-refractivity contribution in [3.05, 3.63) is 54.2 Å². The first-order valence-electron chi connectivity index (χ1n) is 14.2. The molecule has 1 amide bonds. The van der Waals surface area contributed by atoms with E-state index in [2.05, 4.69) is 47.1 Å². The fourth-order valence-corrected chi connectivity index (χ4v) is 6.08. The molecule has 230 valence electrons. The van der Waals surface area contributed by atoms with Gasteiger partial charge in [-0.2, -0.15) is 4.98 Å². The summed E-state index contributed by atoms with van der Waals surface area (Å²) in [4.78, 5) is 28.3. The van der Waals surface area contributed by atoms with Crippen LogP contribution >= 0.6 is 0 Å². The van der Waals surface area contributed by atoms with Gasteiger partial charge in [0.2, 0.25) is 16.0 Å². The van der Waals surface area contributed by atoms with Gasteiger partial charge in [-0.15, -0.1) is 0 Å². The number of hydrogen-bond donors (Lipinski definition) is 4. The summed E-state index contributed by atoms with van der Waals surface area (Å²) in [6, 6.07) is 13.3. The van der Waals surface area contributed by atoms with E-state index >= 15 is 0 Å². The third-order valence-electron chi connectivity index (χ3n) is 7.85. The molecule has 3 heterocycles. The Balaban J connectivity index is 1.31. The van der Waals surface area contributed by atoms with Crippen LogP contribution in [-0.4, -0.2) is 99.8 Å². The Kier molecular flexibility index (Phi) is 9.18. The zero-order valence-electron chi connectivity index (χ0n) is 24.7. The smallest absolute Gasteiger partial charge is 0.254 e. The molecule has 3 aromatic rings. The lowest BCUT2D eigenvalue weighted by Crippen LogP contribution is -2.52. The SMILES string of the molecule is COc1cc(N2CCC(N3CCN(C)CC3)CC2)ccc1Nc1ncc(C(N)=O)c(Nc2ccccc2NS(C)(=O)=O)n1. The number of amides is 1. The molecule has 0 unspecified atom stereocenters. The lowest BCUT2D eigenvalue weighted by molar-refractivity contribution is 0.0982. The van der Waals surface area contributed by atoms with Gasteiger partial charge in [-0.1, -0.05) is 12.1 Å². The van der Waals surface area contributed by atoms with E-state index in [0.29, 0.717) is 28.9 Å². The third-order valence-corrected chi connectivity index (χ3v) is 8.44. The third kappa shape index (κ3) is 7.63. The van der Waals surface area contributed by atoms with Crippen LogP contribution in [0.25, 0.3) is 0 Å². The normalized spacial score (nSPS) is 17.0. The Morgan fingerprint density at radius 2 is 1.67 bits per heavy atom. The summed E-state index contributed by atoms with van der Waals surface area (Å²) in [5.41, 5.74) is 8.03. The minimum Gasteiger partial charge on any atom is -0.494 e. The number of piperazine rings is 1. The van der Waals surface area contributed by atoms with Gasteiger partial charge in [-0.3, -0.25) is 14.4 Å². The molecule has 5 rings (SSSR count). The molecule has 14 heteroatoms. The number of para-hydroxylation sites is 2. The molecule has 0 atom stereocenters. The highest BCUT2D eigenvalue weighted by Gasteiger charge is 2.27. The molecular formula is C29H39N9O4S. The zero-order chi connectivity index (χ0) is 30.6. The number of nitrogens with two attached hydrogens (primary N) is 1. The van der Waals surface area contributed by atoms with Crippen molar-refractivity contribution in [1.29, 1.82) is 0 Å². The molecule has 1 aromatic heterocycles. The van der Waals surface area contributed by atoms with E-state index in [9.17, 15) is 13.2 Å². The number of piperidine rings is 1. The summed E-state index contributed by atoms with van der Waals surface area (Å²) in [7, 11) is 0.252. The highest BCUT2D eigenvalue weighted by atomic mass is 32.2. The number of hydrogen-bond acceptors (Lipinski definition) is 11.